The number of aliphatic hydroxyl groups is 3. The van der Waals surface area contributed by atoms with Gasteiger partial charge in [0.25, 0.3) is 0 Å². The van der Waals surface area contributed by atoms with E-state index in [1.807, 2.05) is 19.9 Å². The number of aliphatic hydroxyl groups excluding tert-OH is 2. The highest BCUT2D eigenvalue weighted by atomic mass is 28.4. The molecular weight excluding hydrogens is 440 g/mol. The minimum atomic E-state index is -2.34. The van der Waals surface area contributed by atoms with Gasteiger partial charge in [-0.3, -0.25) is 4.79 Å². The van der Waals surface area contributed by atoms with Crippen LogP contribution in [0.25, 0.3) is 0 Å². The van der Waals surface area contributed by atoms with Crippen molar-refractivity contribution in [1.82, 2.24) is 0 Å². The van der Waals surface area contributed by atoms with Gasteiger partial charge in [0.05, 0.1) is 43.4 Å². The largest absolute Gasteiger partial charge is 0.410 e. The molecule has 2 rings (SSSR count). The van der Waals surface area contributed by atoms with Crippen LogP contribution in [0.3, 0.4) is 0 Å². The molecule has 2 aliphatic rings. The summed E-state index contributed by atoms with van der Waals surface area (Å²) in [6, 6.07) is 0. The van der Waals surface area contributed by atoms with E-state index in [1.54, 1.807) is 6.92 Å². The number of epoxide rings is 1. The fourth-order valence-electron chi connectivity index (χ4n) is 4.61. The lowest BCUT2D eigenvalue weighted by molar-refractivity contribution is -0.258. The summed E-state index contributed by atoms with van der Waals surface area (Å²) in [5, 5.41) is 31.4. The Morgan fingerprint density at radius 2 is 1.94 bits per heavy atom. The highest BCUT2D eigenvalue weighted by molar-refractivity contribution is 6.74. The van der Waals surface area contributed by atoms with Gasteiger partial charge < -0.3 is 29.2 Å². The van der Waals surface area contributed by atoms with Gasteiger partial charge in [0.15, 0.2) is 14.1 Å². The number of allylic oxidation sites excluding steroid dienone is 1. The van der Waals surface area contributed by atoms with E-state index in [0.717, 1.165) is 0 Å². The van der Waals surface area contributed by atoms with E-state index >= 15 is 0 Å². The average Bonchev–Trinajstić information content (AvgIpc) is 3.40. The minimum absolute atomic E-state index is 0.0411. The molecule has 0 radical (unpaired) electrons. The van der Waals surface area contributed by atoms with Crippen molar-refractivity contribution in [2.75, 3.05) is 13.2 Å². The molecule has 2 unspecified atom stereocenters. The molecule has 2 heterocycles. The van der Waals surface area contributed by atoms with E-state index in [2.05, 4.69) is 46.9 Å². The molecule has 3 N–H and O–H groups in total. The molecule has 0 aromatic rings. The van der Waals surface area contributed by atoms with E-state index in [4.69, 9.17) is 13.9 Å². The van der Waals surface area contributed by atoms with Crippen LogP contribution in [0.2, 0.25) is 18.1 Å². The summed E-state index contributed by atoms with van der Waals surface area (Å²) < 4.78 is 18.5. The van der Waals surface area contributed by atoms with Crippen LogP contribution in [-0.2, 0) is 18.7 Å². The molecule has 0 amide bonds. The zero-order valence-electron chi connectivity index (χ0n) is 21.9. The van der Waals surface area contributed by atoms with Crippen molar-refractivity contribution in [1.29, 1.82) is 0 Å². The van der Waals surface area contributed by atoms with E-state index in [-0.39, 0.29) is 35.9 Å². The summed E-state index contributed by atoms with van der Waals surface area (Å²) >= 11 is 0. The molecule has 33 heavy (non-hydrogen) atoms. The smallest absolute Gasteiger partial charge is 0.192 e. The molecule has 0 spiro atoms. The zero-order valence-corrected chi connectivity index (χ0v) is 22.9. The fraction of sp³-hybridized carbons (Fsp3) is 0.880. The molecule has 8 heteroatoms. The van der Waals surface area contributed by atoms with E-state index in [1.165, 1.54) is 0 Å². The monoisotopic (exact) mass is 486 g/mol. The number of ketones is 1. The van der Waals surface area contributed by atoms with E-state index in [0.29, 0.717) is 6.42 Å². The van der Waals surface area contributed by atoms with Crippen LogP contribution in [0.15, 0.2) is 12.2 Å². The van der Waals surface area contributed by atoms with Gasteiger partial charge in [-0.25, -0.2) is 0 Å². The van der Waals surface area contributed by atoms with Crippen LogP contribution in [0.1, 0.15) is 61.3 Å². The Bertz CT molecular complexity index is 718. The molecule has 7 nitrogen and oxygen atoms in total. The second-order valence-electron chi connectivity index (χ2n) is 11.6. The highest BCUT2D eigenvalue weighted by Gasteiger charge is 2.64. The van der Waals surface area contributed by atoms with Crippen LogP contribution in [0.5, 0.6) is 0 Å². The molecule has 0 saturated carbocycles. The maximum atomic E-state index is 13.7. The molecule has 0 aliphatic carbocycles. The van der Waals surface area contributed by atoms with Crippen LogP contribution in [0.4, 0.5) is 0 Å². The Hall–Kier alpha value is -0.613. The predicted molar refractivity (Wildman–Crippen MR) is 130 cm³/mol. The van der Waals surface area contributed by atoms with Gasteiger partial charge in [-0.15, -0.1) is 0 Å². The van der Waals surface area contributed by atoms with Gasteiger partial charge in [-0.1, -0.05) is 46.8 Å². The Morgan fingerprint density at radius 3 is 2.39 bits per heavy atom. The first-order chi connectivity index (χ1) is 15.1. The standard InChI is InChI=1S/C25H46O7Si/c1-10-12-16(3)21-24(7,31-21)22(32-33(8,9)23(4,5)6)17(14-26)20(28)18-15-30-25(29,11-2)13-19(18)27/h10,12,16-19,21-22,26-27,29H,11,13-15H2,1-9H3/b12-10-/t16-,17-,18-,19-,21+,22-,24?,25?/m0/s1. The number of hydrogen-bond acceptors (Lipinski definition) is 7. The molecule has 192 valence electrons. The molecule has 0 bridgehead atoms. The topological polar surface area (TPSA) is 109 Å². The number of ether oxygens (including phenoxy) is 2. The third-order valence-electron chi connectivity index (χ3n) is 8.02. The quantitative estimate of drug-likeness (QED) is 0.247. The second-order valence-corrected chi connectivity index (χ2v) is 16.3. The lowest BCUT2D eigenvalue weighted by Gasteiger charge is -2.44. The van der Waals surface area contributed by atoms with Crippen LogP contribution >= 0.6 is 0 Å². The molecule has 0 aromatic heterocycles. The van der Waals surface area contributed by atoms with Crippen molar-refractivity contribution in [2.45, 2.75) is 109 Å². The highest BCUT2D eigenvalue weighted by Crippen LogP contribution is 2.51. The Labute approximate surface area is 200 Å². The first kappa shape index (κ1) is 28.6. The molecule has 0 aromatic carbocycles. The van der Waals surface area contributed by atoms with Gasteiger partial charge in [0.1, 0.15) is 11.4 Å². The number of carbonyl (C=O) groups excluding carboxylic acids is 1. The van der Waals surface area contributed by atoms with E-state index < -0.39 is 50.4 Å². The van der Waals surface area contributed by atoms with Gasteiger partial charge >= 0.3 is 0 Å². The van der Waals surface area contributed by atoms with Gasteiger partial charge in [-0.2, -0.15) is 0 Å². The number of hydrogen-bond donors (Lipinski definition) is 3. The number of Topliss-reactive ketones (excluding diaryl/α,β-unsaturated/α-hetero) is 1. The molecule has 2 saturated heterocycles. The Kier molecular flexibility index (Phi) is 8.82. The van der Waals surface area contributed by atoms with Crippen molar-refractivity contribution in [3.63, 3.8) is 0 Å². The van der Waals surface area contributed by atoms with Crippen LogP contribution < -0.4 is 0 Å². The molecule has 2 fully saturated rings. The Balaban J connectivity index is 2.37. The van der Waals surface area contributed by atoms with Crippen molar-refractivity contribution >= 4 is 14.1 Å². The van der Waals surface area contributed by atoms with Gasteiger partial charge in [0.2, 0.25) is 0 Å². The summed E-state index contributed by atoms with van der Waals surface area (Å²) in [4.78, 5) is 13.7. The van der Waals surface area contributed by atoms with E-state index in [9.17, 15) is 20.1 Å². The third kappa shape index (κ3) is 5.97. The van der Waals surface area contributed by atoms with Crippen molar-refractivity contribution in [3.05, 3.63) is 12.2 Å². The summed E-state index contributed by atoms with van der Waals surface area (Å²) in [6.45, 7) is 17.9. The molecular formula is C25H46O7Si. The van der Waals surface area contributed by atoms with Crippen molar-refractivity contribution in [3.8, 4) is 0 Å². The van der Waals surface area contributed by atoms with Gasteiger partial charge in [-0.05, 0) is 38.4 Å². The summed E-state index contributed by atoms with van der Waals surface area (Å²) in [6.07, 6.45) is 2.48. The minimum Gasteiger partial charge on any atom is -0.410 e. The van der Waals surface area contributed by atoms with Gasteiger partial charge in [0, 0.05) is 12.3 Å². The summed E-state index contributed by atoms with van der Waals surface area (Å²) in [7, 11) is -2.34. The second kappa shape index (κ2) is 10.2. The molecule has 2 aliphatic heterocycles. The first-order valence-electron chi connectivity index (χ1n) is 12.2. The lowest BCUT2D eigenvalue weighted by atomic mass is 9.78. The normalized spacial score (nSPS) is 35.9. The lowest BCUT2D eigenvalue weighted by Crippen LogP contribution is -2.56. The average molecular weight is 487 g/mol. The zero-order chi connectivity index (χ0) is 25.4. The predicted octanol–water partition coefficient (Wildman–Crippen LogP) is 3.42. The number of carbonyl (C=O) groups is 1. The van der Waals surface area contributed by atoms with Crippen LogP contribution in [0, 0.1) is 17.8 Å². The number of rotatable bonds is 10. The SMILES string of the molecule is C/C=C\[C@H](C)[C@H]1OC1(C)[C@@H](O[Si](C)(C)C(C)(C)C)[C@@H](CO)C(=O)[C@H]1COC(O)(CC)C[C@@H]1O. The maximum absolute atomic E-state index is 13.7. The van der Waals surface area contributed by atoms with Crippen molar-refractivity contribution in [2.24, 2.45) is 17.8 Å². The first-order valence-corrected chi connectivity index (χ1v) is 15.1. The maximum Gasteiger partial charge on any atom is 0.192 e. The molecule has 8 atom stereocenters. The fourth-order valence-corrected chi connectivity index (χ4v) is 5.99. The Morgan fingerprint density at radius 1 is 1.33 bits per heavy atom. The third-order valence-corrected chi connectivity index (χ3v) is 12.5. The summed E-state index contributed by atoms with van der Waals surface area (Å²) in [5.41, 5.74) is -0.734. The van der Waals surface area contributed by atoms with Crippen molar-refractivity contribution < 1.29 is 34.0 Å². The summed E-state index contributed by atoms with van der Waals surface area (Å²) in [5.74, 6) is -3.32. The van der Waals surface area contributed by atoms with Crippen LogP contribution in [-0.4, -0.2) is 72.3 Å².